The number of benzene rings is 2. The Bertz CT molecular complexity index is 824. The fourth-order valence-electron chi connectivity index (χ4n) is 3.73. The first-order valence-corrected chi connectivity index (χ1v) is 15.6. The van der Waals surface area contributed by atoms with Gasteiger partial charge in [0.25, 0.3) is 0 Å². The molecule has 12 heteroatoms. The van der Waals surface area contributed by atoms with Gasteiger partial charge in [0, 0.05) is 0 Å². The molecule has 0 heterocycles. The average molecular weight is 641 g/mol. The molecule has 2 aromatic rings. The van der Waals surface area contributed by atoms with Crippen molar-refractivity contribution in [1.82, 2.24) is 0 Å². The molecule has 2 aromatic carbocycles. The Kier molecular flexibility index (Phi) is 25.1. The van der Waals surface area contributed by atoms with Crippen LogP contribution in [0.25, 0.3) is 0 Å². The summed E-state index contributed by atoms with van der Waals surface area (Å²) >= 11 is 0. The molecular weight excluding hydrogens is 588 g/mol. The second-order valence-electron chi connectivity index (χ2n) is 9.51. The van der Waals surface area contributed by atoms with Gasteiger partial charge in [-0.05, 0) is 41.8 Å². The van der Waals surface area contributed by atoms with Gasteiger partial charge in [0.15, 0.2) is 0 Å². The van der Waals surface area contributed by atoms with Crippen molar-refractivity contribution in [1.29, 1.82) is 0 Å². The largest absolute Gasteiger partial charge is 0.491 e. The summed E-state index contributed by atoms with van der Waals surface area (Å²) in [6.07, 6.45) is 0.817. The SMILES string of the molecule is OCCOCCOCCOCCOCCOc1ccc(Cc2ccc(OCCOCCOCCOCCOCCO)cc2)cc1. The van der Waals surface area contributed by atoms with Crippen LogP contribution in [-0.4, -0.2) is 142 Å². The highest BCUT2D eigenvalue weighted by Crippen LogP contribution is 2.18. The summed E-state index contributed by atoms with van der Waals surface area (Å²) in [5.74, 6) is 1.61. The molecule has 0 amide bonds. The minimum absolute atomic E-state index is 0.0236. The van der Waals surface area contributed by atoms with Gasteiger partial charge in [-0.1, -0.05) is 24.3 Å². The van der Waals surface area contributed by atoms with Crippen molar-refractivity contribution >= 4 is 0 Å². The van der Waals surface area contributed by atoms with Crippen LogP contribution in [0.5, 0.6) is 11.5 Å². The monoisotopic (exact) mass is 640 g/mol. The predicted octanol–water partition coefficient (Wildman–Crippen LogP) is 2.15. The van der Waals surface area contributed by atoms with Gasteiger partial charge >= 0.3 is 0 Å². The van der Waals surface area contributed by atoms with Crippen molar-refractivity contribution in [3.63, 3.8) is 0 Å². The Labute approximate surface area is 267 Å². The molecule has 0 aliphatic heterocycles. The summed E-state index contributed by atoms with van der Waals surface area (Å²) < 4.78 is 54.4. The van der Waals surface area contributed by atoms with Gasteiger partial charge in [0.2, 0.25) is 0 Å². The highest BCUT2D eigenvalue weighted by atomic mass is 16.6. The van der Waals surface area contributed by atoms with Crippen molar-refractivity contribution in [2.75, 3.05) is 132 Å². The minimum atomic E-state index is 0.0236. The number of rotatable bonds is 32. The number of aliphatic hydroxyl groups excluding tert-OH is 2. The molecule has 0 spiro atoms. The summed E-state index contributed by atoms with van der Waals surface area (Å²) in [5, 5.41) is 17.2. The number of aliphatic hydroxyl groups is 2. The van der Waals surface area contributed by atoms with E-state index in [1.165, 1.54) is 11.1 Å². The van der Waals surface area contributed by atoms with Crippen LogP contribution in [0.1, 0.15) is 11.1 Å². The molecule has 12 nitrogen and oxygen atoms in total. The number of hydrogen-bond acceptors (Lipinski definition) is 12. The minimum Gasteiger partial charge on any atom is -0.491 e. The first-order valence-electron chi connectivity index (χ1n) is 15.6. The average Bonchev–Trinajstić information content (AvgIpc) is 3.06. The highest BCUT2D eigenvalue weighted by Gasteiger charge is 2.01. The molecule has 0 aromatic heterocycles. The predicted molar refractivity (Wildman–Crippen MR) is 167 cm³/mol. The molecule has 0 aliphatic rings. The Balaban J connectivity index is 1.41. The molecule has 256 valence electrons. The van der Waals surface area contributed by atoms with E-state index < -0.39 is 0 Å². The molecule has 0 aliphatic carbocycles. The molecule has 2 rings (SSSR count). The number of ether oxygens (including phenoxy) is 10. The van der Waals surface area contributed by atoms with Gasteiger partial charge in [-0.15, -0.1) is 0 Å². The third-order valence-electron chi connectivity index (χ3n) is 5.95. The normalized spacial score (nSPS) is 11.2. The van der Waals surface area contributed by atoms with Crippen LogP contribution < -0.4 is 9.47 Å². The fourth-order valence-corrected chi connectivity index (χ4v) is 3.73. The molecule has 0 radical (unpaired) electrons. The Morgan fingerprint density at radius 3 is 0.822 bits per heavy atom. The first kappa shape index (κ1) is 38.8. The maximum Gasteiger partial charge on any atom is 0.119 e. The quantitative estimate of drug-likeness (QED) is 0.114. The third-order valence-corrected chi connectivity index (χ3v) is 5.95. The molecule has 2 N–H and O–H groups in total. The van der Waals surface area contributed by atoms with Gasteiger partial charge in [-0.25, -0.2) is 0 Å². The van der Waals surface area contributed by atoms with E-state index in [9.17, 15) is 0 Å². The molecule has 0 atom stereocenters. The van der Waals surface area contributed by atoms with Gasteiger partial charge < -0.3 is 57.6 Å². The lowest BCUT2D eigenvalue weighted by Gasteiger charge is -2.10. The van der Waals surface area contributed by atoms with Crippen molar-refractivity contribution < 1.29 is 57.6 Å². The summed E-state index contributed by atoms with van der Waals surface area (Å²) in [4.78, 5) is 0. The summed E-state index contributed by atoms with van der Waals surface area (Å²) in [6.45, 7) is 8.53. The lowest BCUT2D eigenvalue weighted by molar-refractivity contribution is -0.00779. The molecule has 0 fully saturated rings. The lowest BCUT2D eigenvalue weighted by Crippen LogP contribution is -2.14. The van der Waals surface area contributed by atoms with E-state index in [0.29, 0.717) is 119 Å². The lowest BCUT2D eigenvalue weighted by atomic mass is 10.0. The van der Waals surface area contributed by atoms with E-state index >= 15 is 0 Å². The van der Waals surface area contributed by atoms with E-state index in [4.69, 9.17) is 57.6 Å². The van der Waals surface area contributed by atoms with E-state index in [1.54, 1.807) is 0 Å². The zero-order valence-corrected chi connectivity index (χ0v) is 26.4. The fraction of sp³-hybridized carbons (Fsp3) is 0.636. The van der Waals surface area contributed by atoms with Gasteiger partial charge in [-0.2, -0.15) is 0 Å². The van der Waals surface area contributed by atoms with Gasteiger partial charge in [0.1, 0.15) is 24.7 Å². The second-order valence-corrected chi connectivity index (χ2v) is 9.51. The van der Waals surface area contributed by atoms with Crippen LogP contribution in [0, 0.1) is 0 Å². The number of hydrogen-bond donors (Lipinski definition) is 2. The standard InChI is InChI=1S/C33H52O12/c34-9-11-36-13-15-38-17-19-40-21-23-42-25-27-44-32-5-1-30(2-6-32)29-31-3-7-33(8-4-31)45-28-26-43-24-22-41-20-18-39-16-14-37-12-10-35/h1-8,34-35H,9-29H2. The van der Waals surface area contributed by atoms with Crippen molar-refractivity contribution in [2.24, 2.45) is 0 Å². The molecule has 0 saturated heterocycles. The molecule has 0 saturated carbocycles. The van der Waals surface area contributed by atoms with Crippen LogP contribution in [0.3, 0.4) is 0 Å². The summed E-state index contributed by atoms with van der Waals surface area (Å²) in [6, 6.07) is 16.2. The maximum atomic E-state index is 8.61. The Morgan fingerprint density at radius 2 is 0.556 bits per heavy atom. The Morgan fingerprint density at radius 1 is 0.311 bits per heavy atom. The Hall–Kier alpha value is -2.36. The van der Waals surface area contributed by atoms with Crippen LogP contribution in [0.2, 0.25) is 0 Å². The third kappa shape index (κ3) is 22.7. The summed E-state index contributed by atoms with van der Waals surface area (Å²) in [5.41, 5.74) is 2.39. The highest BCUT2D eigenvalue weighted by molar-refractivity contribution is 5.34. The second kappa shape index (κ2) is 29.1. The maximum absolute atomic E-state index is 8.61. The van der Waals surface area contributed by atoms with E-state index in [1.807, 2.05) is 24.3 Å². The van der Waals surface area contributed by atoms with Crippen molar-refractivity contribution in [3.8, 4) is 11.5 Å². The van der Waals surface area contributed by atoms with E-state index in [0.717, 1.165) is 17.9 Å². The van der Waals surface area contributed by atoms with Crippen LogP contribution >= 0.6 is 0 Å². The van der Waals surface area contributed by atoms with Crippen molar-refractivity contribution in [3.05, 3.63) is 59.7 Å². The van der Waals surface area contributed by atoms with Crippen LogP contribution in [-0.2, 0) is 44.3 Å². The van der Waals surface area contributed by atoms with Gasteiger partial charge in [-0.3, -0.25) is 0 Å². The van der Waals surface area contributed by atoms with Crippen LogP contribution in [0.4, 0.5) is 0 Å². The molecule has 0 bridgehead atoms. The van der Waals surface area contributed by atoms with E-state index in [-0.39, 0.29) is 13.2 Å². The molecule has 45 heavy (non-hydrogen) atoms. The zero-order chi connectivity index (χ0) is 31.9. The smallest absolute Gasteiger partial charge is 0.119 e. The van der Waals surface area contributed by atoms with E-state index in [2.05, 4.69) is 24.3 Å². The van der Waals surface area contributed by atoms with Crippen LogP contribution in [0.15, 0.2) is 48.5 Å². The summed E-state index contributed by atoms with van der Waals surface area (Å²) in [7, 11) is 0. The van der Waals surface area contributed by atoms with Crippen molar-refractivity contribution in [2.45, 2.75) is 6.42 Å². The topological polar surface area (TPSA) is 133 Å². The molecule has 0 unspecified atom stereocenters. The first-order chi connectivity index (χ1) is 22.3. The zero-order valence-electron chi connectivity index (χ0n) is 26.4. The molecular formula is C33H52O12. The van der Waals surface area contributed by atoms with Gasteiger partial charge in [0.05, 0.1) is 119 Å².